The molecule has 1 aromatic carbocycles. The highest BCUT2D eigenvalue weighted by Crippen LogP contribution is 2.08. The molecule has 126 valence electrons. The standard InChI is InChI=1S/C17H20N4O2S/c22-16(10-18-17(23)15-12-24-13-19-15)21-8-6-20(7-9-21)11-14-4-2-1-3-5-14/h1-5,12-13H,6-11H2,(H,18,23). The lowest BCUT2D eigenvalue weighted by Crippen LogP contribution is -2.50. The van der Waals surface area contributed by atoms with Crippen LogP contribution in [0.3, 0.4) is 0 Å². The summed E-state index contributed by atoms with van der Waals surface area (Å²) in [5.74, 6) is -0.342. The number of hydrogen-bond acceptors (Lipinski definition) is 5. The molecule has 0 aliphatic carbocycles. The normalized spacial score (nSPS) is 15.2. The molecular weight excluding hydrogens is 324 g/mol. The largest absolute Gasteiger partial charge is 0.342 e. The van der Waals surface area contributed by atoms with Crippen molar-refractivity contribution >= 4 is 23.2 Å². The van der Waals surface area contributed by atoms with Crippen LogP contribution in [0.4, 0.5) is 0 Å². The second kappa shape index (κ2) is 8.03. The highest BCUT2D eigenvalue weighted by molar-refractivity contribution is 7.07. The Hall–Kier alpha value is -2.25. The highest BCUT2D eigenvalue weighted by atomic mass is 32.1. The molecule has 0 unspecified atom stereocenters. The summed E-state index contributed by atoms with van der Waals surface area (Å²) in [6.45, 7) is 4.01. The molecular formula is C17H20N4O2S. The van der Waals surface area contributed by atoms with Crippen molar-refractivity contribution in [2.24, 2.45) is 0 Å². The van der Waals surface area contributed by atoms with Crippen molar-refractivity contribution in [1.82, 2.24) is 20.1 Å². The van der Waals surface area contributed by atoms with Gasteiger partial charge in [-0.1, -0.05) is 30.3 Å². The van der Waals surface area contributed by atoms with E-state index in [1.54, 1.807) is 10.9 Å². The molecule has 1 N–H and O–H groups in total. The van der Waals surface area contributed by atoms with E-state index in [4.69, 9.17) is 0 Å². The number of nitrogens with zero attached hydrogens (tertiary/aromatic N) is 3. The summed E-state index contributed by atoms with van der Waals surface area (Å²) in [7, 11) is 0. The Morgan fingerprint density at radius 3 is 2.54 bits per heavy atom. The zero-order valence-corrected chi connectivity index (χ0v) is 14.2. The summed E-state index contributed by atoms with van der Waals surface area (Å²) in [6, 6.07) is 10.3. The van der Waals surface area contributed by atoms with Gasteiger partial charge in [0.1, 0.15) is 5.69 Å². The molecule has 2 amide bonds. The fourth-order valence-electron chi connectivity index (χ4n) is 2.68. The van der Waals surface area contributed by atoms with Gasteiger partial charge in [-0.25, -0.2) is 4.98 Å². The third kappa shape index (κ3) is 4.39. The fourth-order valence-corrected chi connectivity index (χ4v) is 3.21. The smallest absolute Gasteiger partial charge is 0.271 e. The van der Waals surface area contributed by atoms with E-state index in [1.165, 1.54) is 16.9 Å². The first-order valence-electron chi connectivity index (χ1n) is 7.93. The van der Waals surface area contributed by atoms with Crippen molar-refractivity contribution in [3.8, 4) is 0 Å². The zero-order chi connectivity index (χ0) is 16.8. The zero-order valence-electron chi connectivity index (χ0n) is 13.4. The first kappa shape index (κ1) is 16.6. The van der Waals surface area contributed by atoms with Gasteiger partial charge in [-0.3, -0.25) is 14.5 Å². The number of piperazine rings is 1. The molecule has 6 nitrogen and oxygen atoms in total. The Bertz CT molecular complexity index is 667. The van der Waals surface area contributed by atoms with E-state index in [0.717, 1.165) is 19.6 Å². The van der Waals surface area contributed by atoms with E-state index in [1.807, 2.05) is 23.1 Å². The predicted molar refractivity (Wildman–Crippen MR) is 92.7 cm³/mol. The molecule has 0 radical (unpaired) electrons. The second-order valence-electron chi connectivity index (χ2n) is 5.70. The van der Waals surface area contributed by atoms with Crippen molar-refractivity contribution in [1.29, 1.82) is 0 Å². The minimum absolute atomic E-state index is 0.0229. The molecule has 1 fully saturated rings. The number of amides is 2. The number of carbonyl (C=O) groups is 2. The minimum Gasteiger partial charge on any atom is -0.342 e. The van der Waals surface area contributed by atoms with Crippen LogP contribution in [-0.2, 0) is 11.3 Å². The van der Waals surface area contributed by atoms with Crippen LogP contribution in [0.5, 0.6) is 0 Å². The number of hydrogen-bond donors (Lipinski definition) is 1. The van der Waals surface area contributed by atoms with Gasteiger partial charge >= 0.3 is 0 Å². The van der Waals surface area contributed by atoms with Crippen LogP contribution in [0.15, 0.2) is 41.2 Å². The van der Waals surface area contributed by atoms with Gasteiger partial charge in [0, 0.05) is 38.1 Å². The van der Waals surface area contributed by atoms with Gasteiger partial charge in [0.2, 0.25) is 5.91 Å². The first-order chi connectivity index (χ1) is 11.7. The van der Waals surface area contributed by atoms with E-state index < -0.39 is 0 Å². The summed E-state index contributed by atoms with van der Waals surface area (Å²) in [6.07, 6.45) is 0. The van der Waals surface area contributed by atoms with Crippen molar-refractivity contribution in [2.75, 3.05) is 32.7 Å². The van der Waals surface area contributed by atoms with Crippen LogP contribution in [-0.4, -0.2) is 59.3 Å². The lowest BCUT2D eigenvalue weighted by atomic mass is 10.2. The summed E-state index contributed by atoms with van der Waals surface area (Å²) < 4.78 is 0. The average molecular weight is 344 g/mol. The third-order valence-corrected chi connectivity index (χ3v) is 4.63. The monoisotopic (exact) mass is 344 g/mol. The molecule has 1 aliphatic heterocycles. The van der Waals surface area contributed by atoms with Gasteiger partial charge in [0.05, 0.1) is 12.1 Å². The quantitative estimate of drug-likeness (QED) is 0.886. The van der Waals surface area contributed by atoms with Crippen LogP contribution in [0.25, 0.3) is 0 Å². The van der Waals surface area contributed by atoms with Crippen LogP contribution in [0.2, 0.25) is 0 Å². The van der Waals surface area contributed by atoms with Crippen molar-refractivity contribution in [3.05, 3.63) is 52.5 Å². The van der Waals surface area contributed by atoms with E-state index >= 15 is 0 Å². The van der Waals surface area contributed by atoms with E-state index in [0.29, 0.717) is 18.8 Å². The summed E-state index contributed by atoms with van der Waals surface area (Å²) in [5, 5.41) is 4.30. The predicted octanol–water partition coefficient (Wildman–Crippen LogP) is 1.22. The van der Waals surface area contributed by atoms with Gasteiger partial charge < -0.3 is 10.2 Å². The first-order valence-corrected chi connectivity index (χ1v) is 8.87. The van der Waals surface area contributed by atoms with Gasteiger partial charge in [-0.2, -0.15) is 0 Å². The van der Waals surface area contributed by atoms with E-state index in [-0.39, 0.29) is 18.4 Å². The Morgan fingerprint density at radius 2 is 1.88 bits per heavy atom. The maximum absolute atomic E-state index is 12.2. The molecule has 7 heteroatoms. The molecule has 1 aromatic heterocycles. The summed E-state index contributed by atoms with van der Waals surface area (Å²) in [5.41, 5.74) is 3.25. The maximum atomic E-state index is 12.2. The number of rotatable bonds is 5. The molecule has 3 rings (SSSR count). The van der Waals surface area contributed by atoms with Crippen molar-refractivity contribution in [2.45, 2.75) is 6.54 Å². The van der Waals surface area contributed by atoms with E-state index in [2.05, 4.69) is 27.3 Å². The molecule has 1 aliphatic rings. The molecule has 1 saturated heterocycles. The summed E-state index contributed by atoms with van der Waals surface area (Å²) in [4.78, 5) is 32.1. The summed E-state index contributed by atoms with van der Waals surface area (Å²) >= 11 is 1.36. The molecule has 2 aromatic rings. The topological polar surface area (TPSA) is 65.5 Å². The van der Waals surface area contributed by atoms with Crippen molar-refractivity contribution < 1.29 is 9.59 Å². The molecule has 0 bridgehead atoms. The Labute approximate surface area is 145 Å². The molecule has 24 heavy (non-hydrogen) atoms. The van der Waals surface area contributed by atoms with Gasteiger partial charge in [0.15, 0.2) is 0 Å². The molecule has 0 atom stereocenters. The number of aromatic nitrogens is 1. The fraction of sp³-hybridized carbons (Fsp3) is 0.353. The molecule has 0 spiro atoms. The van der Waals surface area contributed by atoms with E-state index in [9.17, 15) is 9.59 Å². The Kier molecular flexibility index (Phi) is 5.55. The number of benzene rings is 1. The van der Waals surface area contributed by atoms with Gasteiger partial charge in [-0.05, 0) is 5.56 Å². The average Bonchev–Trinajstić information content (AvgIpc) is 3.16. The minimum atomic E-state index is -0.299. The van der Waals surface area contributed by atoms with Gasteiger partial charge in [0.25, 0.3) is 5.91 Å². The molecule has 0 saturated carbocycles. The molecule has 2 heterocycles. The van der Waals surface area contributed by atoms with Crippen molar-refractivity contribution in [3.63, 3.8) is 0 Å². The van der Waals surface area contributed by atoms with Crippen LogP contribution in [0.1, 0.15) is 16.1 Å². The van der Waals surface area contributed by atoms with Crippen LogP contribution >= 0.6 is 11.3 Å². The number of thiazole rings is 1. The number of nitrogens with one attached hydrogen (secondary N) is 1. The Balaban J connectivity index is 1.41. The number of carbonyl (C=O) groups excluding carboxylic acids is 2. The lowest BCUT2D eigenvalue weighted by molar-refractivity contribution is -0.131. The second-order valence-corrected chi connectivity index (χ2v) is 6.42. The van der Waals surface area contributed by atoms with Crippen LogP contribution < -0.4 is 5.32 Å². The SMILES string of the molecule is O=C(NCC(=O)N1CCN(Cc2ccccc2)CC1)c1cscn1. The van der Waals surface area contributed by atoms with Gasteiger partial charge in [-0.15, -0.1) is 11.3 Å². The third-order valence-electron chi connectivity index (χ3n) is 4.04. The Morgan fingerprint density at radius 1 is 1.12 bits per heavy atom. The lowest BCUT2D eigenvalue weighted by Gasteiger charge is -2.34. The van der Waals surface area contributed by atoms with Crippen LogP contribution in [0, 0.1) is 0 Å². The highest BCUT2D eigenvalue weighted by Gasteiger charge is 2.21. The maximum Gasteiger partial charge on any atom is 0.271 e.